The molecule has 0 bridgehead atoms. The molecular formula is C19H19N9. The highest BCUT2D eigenvalue weighted by atomic mass is 15.4. The van der Waals surface area contributed by atoms with Crippen LogP contribution in [0.25, 0.3) is 28.0 Å². The van der Waals surface area contributed by atoms with E-state index in [-0.39, 0.29) is 11.6 Å². The fourth-order valence-corrected chi connectivity index (χ4v) is 3.78. The summed E-state index contributed by atoms with van der Waals surface area (Å²) < 4.78 is 5.48. The summed E-state index contributed by atoms with van der Waals surface area (Å²) >= 11 is 0. The molecule has 9 nitrogen and oxygen atoms in total. The first kappa shape index (κ1) is 16.6. The van der Waals surface area contributed by atoms with E-state index in [1.54, 1.807) is 17.1 Å². The first-order valence-electron chi connectivity index (χ1n) is 9.10. The van der Waals surface area contributed by atoms with Crippen LogP contribution in [0.4, 0.5) is 0 Å². The number of rotatable bonds is 4. The van der Waals surface area contributed by atoms with Crippen molar-refractivity contribution >= 4 is 5.52 Å². The summed E-state index contributed by atoms with van der Waals surface area (Å²) in [4.78, 5) is 4.88. The minimum absolute atomic E-state index is 0.185. The average molecular weight is 373 g/mol. The monoisotopic (exact) mass is 373 g/mol. The molecule has 1 N–H and O–H groups in total. The van der Waals surface area contributed by atoms with Gasteiger partial charge in [-0.15, -0.1) is 0 Å². The number of hydrogen-bond acceptors (Lipinski definition) is 6. The van der Waals surface area contributed by atoms with Crippen LogP contribution in [0.3, 0.4) is 0 Å². The van der Waals surface area contributed by atoms with Crippen LogP contribution in [0.15, 0.2) is 43.2 Å². The first-order valence-corrected chi connectivity index (χ1v) is 9.10. The molecule has 1 aliphatic rings. The zero-order chi connectivity index (χ0) is 19.3. The van der Waals surface area contributed by atoms with Crippen LogP contribution >= 0.6 is 0 Å². The Morgan fingerprint density at radius 2 is 2.07 bits per heavy atom. The van der Waals surface area contributed by atoms with Gasteiger partial charge in [-0.1, -0.05) is 0 Å². The molecule has 9 heteroatoms. The number of aryl methyl sites for hydroxylation is 1. The van der Waals surface area contributed by atoms with Gasteiger partial charge >= 0.3 is 0 Å². The molecule has 2 atom stereocenters. The Hall–Kier alpha value is -3.51. The van der Waals surface area contributed by atoms with Crippen LogP contribution in [-0.4, -0.2) is 46.7 Å². The molecule has 0 saturated carbocycles. The van der Waals surface area contributed by atoms with Gasteiger partial charge in [-0.2, -0.15) is 20.6 Å². The summed E-state index contributed by atoms with van der Waals surface area (Å²) in [7, 11) is 1.88. The fraction of sp³-hybridized carbons (Fsp3) is 0.316. The highest BCUT2D eigenvalue weighted by molar-refractivity contribution is 5.78. The van der Waals surface area contributed by atoms with Crippen LogP contribution in [0.5, 0.6) is 0 Å². The molecule has 0 aliphatic carbocycles. The maximum atomic E-state index is 9.30. The Labute approximate surface area is 161 Å². The lowest BCUT2D eigenvalue weighted by Crippen LogP contribution is -2.67. The smallest absolute Gasteiger partial charge is 0.103 e. The maximum absolute atomic E-state index is 9.30. The van der Waals surface area contributed by atoms with E-state index in [0.29, 0.717) is 6.42 Å². The molecule has 28 heavy (non-hydrogen) atoms. The van der Waals surface area contributed by atoms with Gasteiger partial charge in [0, 0.05) is 43.2 Å². The van der Waals surface area contributed by atoms with Gasteiger partial charge in [0.2, 0.25) is 0 Å². The molecule has 140 valence electrons. The molecule has 5 rings (SSSR count). The zero-order valence-corrected chi connectivity index (χ0v) is 15.6. The highest BCUT2D eigenvalue weighted by Gasteiger charge is 2.46. The molecule has 5 heterocycles. The van der Waals surface area contributed by atoms with Gasteiger partial charge in [-0.25, -0.2) is 9.50 Å². The van der Waals surface area contributed by atoms with E-state index in [4.69, 9.17) is 4.98 Å². The number of nitriles is 1. The third kappa shape index (κ3) is 2.35. The van der Waals surface area contributed by atoms with Gasteiger partial charge in [-0.05, 0) is 13.0 Å². The van der Waals surface area contributed by atoms with Crippen molar-refractivity contribution in [2.24, 2.45) is 7.05 Å². The van der Waals surface area contributed by atoms with E-state index in [2.05, 4.69) is 33.6 Å². The summed E-state index contributed by atoms with van der Waals surface area (Å²) in [5.41, 5.74) is 4.00. The third-order valence-corrected chi connectivity index (χ3v) is 5.61. The van der Waals surface area contributed by atoms with Crippen molar-refractivity contribution in [3.8, 4) is 28.6 Å². The van der Waals surface area contributed by atoms with E-state index in [0.717, 1.165) is 34.6 Å². The summed E-state index contributed by atoms with van der Waals surface area (Å²) in [6, 6.07) is 4.43. The first-order chi connectivity index (χ1) is 13.6. The van der Waals surface area contributed by atoms with Gasteiger partial charge in [0.25, 0.3) is 0 Å². The molecule has 0 amide bonds. The highest BCUT2D eigenvalue weighted by Crippen LogP contribution is 2.33. The van der Waals surface area contributed by atoms with Crippen molar-refractivity contribution in [1.29, 1.82) is 5.26 Å². The largest absolute Gasteiger partial charge is 0.309 e. The molecular weight excluding hydrogens is 354 g/mol. The van der Waals surface area contributed by atoms with Gasteiger partial charge in [-0.3, -0.25) is 9.36 Å². The second-order valence-corrected chi connectivity index (χ2v) is 7.25. The van der Waals surface area contributed by atoms with E-state index >= 15 is 0 Å². The van der Waals surface area contributed by atoms with Crippen molar-refractivity contribution in [3.05, 3.63) is 43.2 Å². The Bertz CT molecular complexity index is 1210. The van der Waals surface area contributed by atoms with Crippen molar-refractivity contribution in [2.45, 2.75) is 24.9 Å². The Morgan fingerprint density at radius 1 is 1.21 bits per heavy atom. The standard InChI is InChI=1S/C19H19N9/c1-13-19(4-5-20,12-21-13)28-10-15(8-24-28)18-17-3-6-22-27(17)11-16(25-18)14-7-23-26(2)9-14/h3,6-11,13,21H,4,12H2,1-2H3. The lowest BCUT2D eigenvalue weighted by molar-refractivity contribution is 0.0942. The SMILES string of the molecule is CC1NCC1(CC#N)n1cc(-c2nc(-c3cnn(C)c3)cn3nccc23)cn1. The Morgan fingerprint density at radius 3 is 2.75 bits per heavy atom. The number of fused-ring (bicyclic) bond motifs is 1. The minimum atomic E-state index is -0.315. The molecule has 4 aromatic rings. The number of hydrogen-bond donors (Lipinski definition) is 1. The predicted molar refractivity (Wildman–Crippen MR) is 102 cm³/mol. The lowest BCUT2D eigenvalue weighted by atomic mass is 9.81. The molecule has 2 unspecified atom stereocenters. The van der Waals surface area contributed by atoms with Gasteiger partial charge in [0.1, 0.15) is 5.54 Å². The topological polar surface area (TPSA) is 102 Å². The van der Waals surface area contributed by atoms with E-state index < -0.39 is 0 Å². The van der Waals surface area contributed by atoms with Gasteiger partial charge in [0.15, 0.2) is 0 Å². The van der Waals surface area contributed by atoms with E-state index in [1.165, 1.54) is 0 Å². The van der Waals surface area contributed by atoms with Crippen LogP contribution < -0.4 is 5.32 Å². The number of nitrogens with one attached hydrogen (secondary N) is 1. The minimum Gasteiger partial charge on any atom is -0.309 e. The van der Waals surface area contributed by atoms with Crippen molar-refractivity contribution in [2.75, 3.05) is 6.54 Å². The molecule has 4 aromatic heterocycles. The maximum Gasteiger partial charge on any atom is 0.103 e. The summed E-state index contributed by atoms with van der Waals surface area (Å²) in [5.74, 6) is 0. The van der Waals surface area contributed by atoms with Crippen LogP contribution in [0.1, 0.15) is 13.3 Å². The normalized spacial score (nSPS) is 21.5. The van der Waals surface area contributed by atoms with Crippen molar-refractivity contribution < 1.29 is 0 Å². The summed E-state index contributed by atoms with van der Waals surface area (Å²) in [5, 5.41) is 25.9. The quantitative estimate of drug-likeness (QED) is 0.583. The Balaban J connectivity index is 1.63. The molecule has 0 spiro atoms. The van der Waals surface area contributed by atoms with Crippen LogP contribution in [0, 0.1) is 11.3 Å². The van der Waals surface area contributed by atoms with Gasteiger partial charge < -0.3 is 5.32 Å². The van der Waals surface area contributed by atoms with Crippen molar-refractivity contribution in [3.63, 3.8) is 0 Å². The summed E-state index contributed by atoms with van der Waals surface area (Å²) in [6.45, 7) is 2.81. The molecule has 0 radical (unpaired) electrons. The van der Waals surface area contributed by atoms with Gasteiger partial charge in [0.05, 0.1) is 54.2 Å². The second-order valence-electron chi connectivity index (χ2n) is 7.25. The van der Waals surface area contributed by atoms with E-state index in [1.807, 2.05) is 47.1 Å². The molecule has 1 aliphatic heterocycles. The molecule has 1 saturated heterocycles. The number of nitrogens with zero attached hydrogens (tertiary/aromatic N) is 8. The Kier molecular flexibility index (Phi) is 3.57. The van der Waals surface area contributed by atoms with E-state index in [9.17, 15) is 5.26 Å². The lowest BCUT2D eigenvalue weighted by Gasteiger charge is -2.47. The molecule has 1 fully saturated rings. The number of aromatic nitrogens is 7. The van der Waals surface area contributed by atoms with Crippen LogP contribution in [0.2, 0.25) is 0 Å². The third-order valence-electron chi connectivity index (χ3n) is 5.61. The molecule has 0 aromatic carbocycles. The van der Waals surface area contributed by atoms with Crippen molar-refractivity contribution in [1.82, 2.24) is 39.5 Å². The fourth-order valence-electron chi connectivity index (χ4n) is 3.78. The predicted octanol–water partition coefficient (Wildman–Crippen LogP) is 1.59. The second kappa shape index (κ2) is 6.00. The average Bonchev–Trinajstić information content (AvgIpc) is 3.44. The van der Waals surface area contributed by atoms with Crippen LogP contribution in [-0.2, 0) is 12.6 Å². The summed E-state index contributed by atoms with van der Waals surface area (Å²) in [6.07, 6.45) is 11.6. The zero-order valence-electron chi connectivity index (χ0n) is 15.6.